The highest BCUT2D eigenvalue weighted by molar-refractivity contribution is 5.92. The minimum atomic E-state index is -1.98. The van der Waals surface area contributed by atoms with E-state index in [1.165, 1.54) is 6.08 Å². The molecule has 1 aromatic rings. The fraction of sp³-hybridized carbons (Fsp3) is 0.231. The van der Waals surface area contributed by atoms with Gasteiger partial charge in [-0.15, -0.1) is 0 Å². The van der Waals surface area contributed by atoms with Crippen molar-refractivity contribution >= 4 is 23.6 Å². The summed E-state index contributed by atoms with van der Waals surface area (Å²) in [4.78, 5) is 22.0. The molecule has 0 aliphatic rings. The molecule has 0 saturated carbocycles. The van der Waals surface area contributed by atoms with Crippen molar-refractivity contribution in [3.8, 4) is 0 Å². The van der Waals surface area contributed by atoms with Gasteiger partial charge in [0.15, 0.2) is 5.60 Å². The predicted molar refractivity (Wildman–Crippen MR) is 71.2 cm³/mol. The number of rotatable bonds is 5. The lowest BCUT2D eigenvalue weighted by Gasteiger charge is -2.17. The van der Waals surface area contributed by atoms with E-state index < -0.39 is 17.5 Å². The number of aliphatic hydroxyl groups is 1. The van der Waals surface area contributed by atoms with Gasteiger partial charge >= 0.3 is 5.97 Å². The molecule has 0 bridgehead atoms. The Hall–Kier alpha value is -2.34. The van der Waals surface area contributed by atoms with E-state index in [0.29, 0.717) is 5.69 Å². The Morgan fingerprint density at radius 2 is 1.95 bits per heavy atom. The molecule has 1 rings (SSSR count). The van der Waals surface area contributed by atoms with E-state index in [-0.39, 0.29) is 6.54 Å². The van der Waals surface area contributed by atoms with Crippen LogP contribution < -0.4 is 11.1 Å². The summed E-state index contributed by atoms with van der Waals surface area (Å²) >= 11 is 0. The minimum absolute atomic E-state index is 0.368. The molecule has 19 heavy (non-hydrogen) atoms. The highest BCUT2D eigenvalue weighted by Gasteiger charge is 2.29. The number of hydrogen-bond acceptors (Lipinski definition) is 4. The summed E-state index contributed by atoms with van der Waals surface area (Å²) in [5.74, 6) is -1.88. The van der Waals surface area contributed by atoms with Crippen LogP contribution in [0.25, 0.3) is 6.08 Å². The van der Waals surface area contributed by atoms with Gasteiger partial charge in [-0.2, -0.15) is 0 Å². The van der Waals surface area contributed by atoms with Crippen LogP contribution in [-0.4, -0.2) is 34.2 Å². The highest BCUT2D eigenvalue weighted by atomic mass is 16.4. The van der Waals surface area contributed by atoms with E-state index in [4.69, 9.17) is 10.8 Å². The number of aliphatic carboxylic acids is 1. The van der Waals surface area contributed by atoms with Crippen molar-refractivity contribution in [1.29, 1.82) is 0 Å². The Morgan fingerprint density at radius 3 is 2.47 bits per heavy atom. The van der Waals surface area contributed by atoms with Crippen LogP contribution >= 0.6 is 0 Å². The number of anilines is 1. The van der Waals surface area contributed by atoms with Gasteiger partial charge in [0.05, 0.1) is 6.54 Å². The van der Waals surface area contributed by atoms with Gasteiger partial charge < -0.3 is 21.3 Å². The zero-order valence-corrected chi connectivity index (χ0v) is 10.5. The molecule has 0 spiro atoms. The summed E-state index contributed by atoms with van der Waals surface area (Å²) in [6.45, 7) is 0.743. The summed E-state index contributed by atoms with van der Waals surface area (Å²) in [7, 11) is 0. The number of carboxylic acid groups (broad SMARTS) is 1. The fourth-order valence-electron chi connectivity index (χ4n) is 1.17. The maximum absolute atomic E-state index is 11.4. The van der Waals surface area contributed by atoms with Gasteiger partial charge in [-0.1, -0.05) is 12.1 Å². The third-order valence-corrected chi connectivity index (χ3v) is 2.43. The van der Waals surface area contributed by atoms with Crippen molar-refractivity contribution in [2.45, 2.75) is 12.5 Å². The Morgan fingerprint density at radius 1 is 1.37 bits per heavy atom. The lowest BCUT2D eigenvalue weighted by Crippen LogP contribution is -2.46. The summed E-state index contributed by atoms with van der Waals surface area (Å²) in [5.41, 5.74) is 4.95. The topological polar surface area (TPSA) is 113 Å². The zero-order chi connectivity index (χ0) is 14.5. The molecular formula is C13H16N2O4. The molecule has 1 unspecified atom stereocenters. The maximum Gasteiger partial charge on any atom is 0.337 e. The van der Waals surface area contributed by atoms with Crippen LogP contribution in [0.1, 0.15) is 12.5 Å². The molecule has 1 amide bonds. The molecule has 1 aromatic carbocycles. The summed E-state index contributed by atoms with van der Waals surface area (Å²) < 4.78 is 0. The first-order chi connectivity index (χ1) is 8.81. The summed E-state index contributed by atoms with van der Waals surface area (Å²) in [6.07, 6.45) is 2.81. The normalized spacial score (nSPS) is 14.0. The van der Waals surface area contributed by atoms with Crippen LogP contribution in [0.5, 0.6) is 0 Å². The second-order valence-corrected chi connectivity index (χ2v) is 4.30. The van der Waals surface area contributed by atoms with Gasteiger partial charge in [-0.3, -0.25) is 4.79 Å². The van der Waals surface area contributed by atoms with Crippen molar-refractivity contribution in [2.75, 3.05) is 12.3 Å². The van der Waals surface area contributed by atoms with Gasteiger partial charge in [-0.25, -0.2) is 4.79 Å². The summed E-state index contributed by atoms with van der Waals surface area (Å²) in [6, 6.07) is 6.89. The third kappa shape index (κ3) is 4.81. The number of benzene rings is 1. The third-order valence-electron chi connectivity index (χ3n) is 2.43. The van der Waals surface area contributed by atoms with Gasteiger partial charge in [-0.05, 0) is 30.7 Å². The molecule has 6 heteroatoms. The second kappa shape index (κ2) is 6.01. The molecule has 0 aliphatic heterocycles. The van der Waals surface area contributed by atoms with Gasteiger partial charge in [0.1, 0.15) is 0 Å². The van der Waals surface area contributed by atoms with E-state index >= 15 is 0 Å². The number of carboxylic acids is 1. The standard InChI is InChI=1S/C13H16N2O4/c1-13(19,12(17)18)8-15-11(16)7-4-9-2-5-10(14)6-3-9/h2-7,19H,8,14H2,1H3,(H,15,16)(H,17,18)/b7-4+. The minimum Gasteiger partial charge on any atom is -0.479 e. The van der Waals surface area contributed by atoms with E-state index in [1.54, 1.807) is 30.3 Å². The van der Waals surface area contributed by atoms with Crippen molar-refractivity contribution in [1.82, 2.24) is 5.32 Å². The lowest BCUT2D eigenvalue weighted by atomic mass is 10.1. The number of hydrogen-bond donors (Lipinski definition) is 4. The molecule has 1 atom stereocenters. The molecule has 0 saturated heterocycles. The molecule has 5 N–H and O–H groups in total. The molecule has 0 aromatic heterocycles. The first-order valence-electron chi connectivity index (χ1n) is 5.58. The van der Waals surface area contributed by atoms with Crippen LogP contribution in [0.4, 0.5) is 5.69 Å². The first kappa shape index (κ1) is 14.7. The highest BCUT2D eigenvalue weighted by Crippen LogP contribution is 2.07. The molecule has 0 fully saturated rings. The van der Waals surface area contributed by atoms with Crippen LogP contribution in [0.3, 0.4) is 0 Å². The molecule has 0 aliphatic carbocycles. The smallest absolute Gasteiger partial charge is 0.337 e. The summed E-state index contributed by atoms with van der Waals surface area (Å²) in [5, 5.41) is 20.4. The molecule has 102 valence electrons. The number of carbonyl (C=O) groups excluding carboxylic acids is 1. The van der Waals surface area contributed by atoms with Crippen LogP contribution in [-0.2, 0) is 9.59 Å². The number of nitrogens with one attached hydrogen (secondary N) is 1. The number of nitrogens with two attached hydrogens (primary N) is 1. The average molecular weight is 264 g/mol. The van der Waals surface area contributed by atoms with Gasteiger partial charge in [0.25, 0.3) is 0 Å². The first-order valence-corrected chi connectivity index (χ1v) is 5.58. The number of carbonyl (C=O) groups is 2. The fourth-order valence-corrected chi connectivity index (χ4v) is 1.17. The van der Waals surface area contributed by atoms with Crippen molar-refractivity contribution < 1.29 is 19.8 Å². The number of nitrogen functional groups attached to an aromatic ring is 1. The second-order valence-electron chi connectivity index (χ2n) is 4.30. The Balaban J connectivity index is 2.52. The molecular weight excluding hydrogens is 248 g/mol. The monoisotopic (exact) mass is 264 g/mol. The van der Waals surface area contributed by atoms with Crippen LogP contribution in [0, 0.1) is 0 Å². The van der Waals surface area contributed by atoms with E-state index in [9.17, 15) is 14.7 Å². The van der Waals surface area contributed by atoms with E-state index in [0.717, 1.165) is 12.5 Å². The zero-order valence-electron chi connectivity index (χ0n) is 10.5. The molecule has 0 heterocycles. The average Bonchev–Trinajstić information content (AvgIpc) is 2.35. The quantitative estimate of drug-likeness (QED) is 0.449. The Bertz CT molecular complexity index is 492. The van der Waals surface area contributed by atoms with Crippen molar-refractivity contribution in [3.63, 3.8) is 0 Å². The number of amides is 1. The van der Waals surface area contributed by atoms with Crippen LogP contribution in [0.15, 0.2) is 30.3 Å². The van der Waals surface area contributed by atoms with E-state index in [2.05, 4.69) is 5.32 Å². The van der Waals surface area contributed by atoms with Gasteiger partial charge in [0.2, 0.25) is 5.91 Å². The Kier molecular flexibility index (Phi) is 4.66. The maximum atomic E-state index is 11.4. The molecule has 6 nitrogen and oxygen atoms in total. The van der Waals surface area contributed by atoms with Crippen molar-refractivity contribution in [2.24, 2.45) is 0 Å². The SMILES string of the molecule is CC(O)(CNC(=O)/C=C/c1ccc(N)cc1)C(=O)O. The van der Waals surface area contributed by atoms with Crippen molar-refractivity contribution in [3.05, 3.63) is 35.9 Å². The van der Waals surface area contributed by atoms with E-state index in [1.807, 2.05) is 0 Å². The van der Waals surface area contributed by atoms with Gasteiger partial charge in [0, 0.05) is 11.8 Å². The van der Waals surface area contributed by atoms with Crippen LogP contribution in [0.2, 0.25) is 0 Å². The predicted octanol–water partition coefficient (Wildman–Crippen LogP) is 0.234. The molecule has 0 radical (unpaired) electrons. The Labute approximate surface area is 110 Å². The largest absolute Gasteiger partial charge is 0.479 e. The lowest BCUT2D eigenvalue weighted by molar-refractivity contribution is -0.156.